The highest BCUT2D eigenvalue weighted by Crippen LogP contribution is 2.32. The summed E-state index contributed by atoms with van der Waals surface area (Å²) in [4.78, 5) is 26.5. The summed E-state index contributed by atoms with van der Waals surface area (Å²) in [5.74, 6) is -2.41. The van der Waals surface area contributed by atoms with E-state index in [1.54, 1.807) is 24.4 Å². The van der Waals surface area contributed by atoms with Gasteiger partial charge in [0, 0.05) is 17.1 Å². The number of ether oxygens (including phenoxy) is 1. The number of carbonyl (C=O) groups excluding carboxylic acids is 1. The topological polar surface area (TPSA) is 76.5 Å². The Kier molecular flexibility index (Phi) is 2.80. The van der Waals surface area contributed by atoms with E-state index in [0.29, 0.717) is 11.3 Å². The third kappa shape index (κ3) is 1.95. The van der Waals surface area contributed by atoms with Gasteiger partial charge in [0.15, 0.2) is 5.76 Å². The molecule has 20 heavy (non-hydrogen) atoms. The Bertz CT molecular complexity index is 790. The summed E-state index contributed by atoms with van der Waals surface area (Å²) < 4.78 is 5.52. The number of aliphatic carboxylic acids is 1. The van der Waals surface area contributed by atoms with Gasteiger partial charge in [-0.25, -0.2) is 4.79 Å². The molecule has 1 aromatic carbocycles. The van der Waals surface area contributed by atoms with Crippen LogP contribution in [-0.4, -0.2) is 21.8 Å². The fourth-order valence-corrected chi connectivity index (χ4v) is 2.00. The van der Waals surface area contributed by atoms with Crippen LogP contribution in [0.15, 0.2) is 48.4 Å². The summed E-state index contributed by atoms with van der Waals surface area (Å²) in [6.07, 6.45) is 6.34. The van der Waals surface area contributed by atoms with Crippen LogP contribution in [0.25, 0.3) is 17.0 Å². The van der Waals surface area contributed by atoms with Crippen LogP contribution < -0.4 is 4.74 Å². The smallest absolute Gasteiger partial charge is 0.380 e. The standard InChI is InChI=1S/C15H9NO4/c17-13(15(18)19)12-5-1-3-9-6-7-11-10(14(9)20-12)4-2-8-16-11/h1-8H,(H,18,19). The second kappa shape index (κ2) is 4.62. The van der Waals surface area contributed by atoms with Gasteiger partial charge in [-0.05, 0) is 30.3 Å². The second-order valence-electron chi connectivity index (χ2n) is 4.18. The summed E-state index contributed by atoms with van der Waals surface area (Å²) in [5.41, 5.74) is 1.47. The minimum Gasteiger partial charge on any atom is -0.475 e. The average Bonchev–Trinajstić information content (AvgIpc) is 2.68. The van der Waals surface area contributed by atoms with Crippen LogP contribution in [0.3, 0.4) is 0 Å². The van der Waals surface area contributed by atoms with Gasteiger partial charge in [-0.3, -0.25) is 9.78 Å². The maximum Gasteiger partial charge on any atom is 0.380 e. The van der Waals surface area contributed by atoms with Crippen molar-refractivity contribution in [2.24, 2.45) is 0 Å². The summed E-state index contributed by atoms with van der Waals surface area (Å²) in [5, 5.41) is 9.50. The van der Waals surface area contributed by atoms with Crippen molar-refractivity contribution in [3.63, 3.8) is 0 Å². The van der Waals surface area contributed by atoms with Crippen LogP contribution in [0, 0.1) is 0 Å². The first-order valence-corrected chi connectivity index (χ1v) is 5.88. The summed E-state index contributed by atoms with van der Waals surface area (Å²) in [6.45, 7) is 0. The van der Waals surface area contributed by atoms with E-state index in [1.165, 1.54) is 6.08 Å². The zero-order valence-electron chi connectivity index (χ0n) is 10.2. The number of Topliss-reactive ketones (excluding diaryl/α,β-unsaturated/α-hetero) is 1. The number of rotatable bonds is 2. The maximum atomic E-state index is 11.6. The number of carbonyl (C=O) groups is 2. The number of fused-ring (bicyclic) bond motifs is 3. The van der Waals surface area contributed by atoms with Crippen LogP contribution in [0.1, 0.15) is 5.56 Å². The van der Waals surface area contributed by atoms with Gasteiger partial charge in [-0.2, -0.15) is 0 Å². The third-order valence-electron chi connectivity index (χ3n) is 2.92. The number of nitrogens with zero attached hydrogens (tertiary/aromatic N) is 1. The fourth-order valence-electron chi connectivity index (χ4n) is 2.00. The number of hydrogen-bond donors (Lipinski definition) is 1. The number of ketones is 1. The van der Waals surface area contributed by atoms with Crippen molar-refractivity contribution in [2.75, 3.05) is 0 Å². The lowest BCUT2D eigenvalue weighted by atomic mass is 10.1. The highest BCUT2D eigenvalue weighted by molar-refractivity contribution is 6.39. The van der Waals surface area contributed by atoms with E-state index in [0.717, 1.165) is 10.9 Å². The van der Waals surface area contributed by atoms with E-state index in [9.17, 15) is 9.59 Å². The van der Waals surface area contributed by atoms with E-state index >= 15 is 0 Å². The molecule has 0 amide bonds. The Morgan fingerprint density at radius 3 is 2.85 bits per heavy atom. The number of benzene rings is 1. The monoisotopic (exact) mass is 267 g/mol. The Hall–Kier alpha value is -2.95. The zero-order valence-corrected chi connectivity index (χ0v) is 10.2. The number of hydrogen-bond acceptors (Lipinski definition) is 4. The Labute approximate surface area is 113 Å². The van der Waals surface area contributed by atoms with Gasteiger partial charge in [0.05, 0.1) is 5.52 Å². The molecule has 0 radical (unpaired) electrons. The molecule has 3 rings (SSSR count). The lowest BCUT2D eigenvalue weighted by Gasteiger charge is -2.11. The van der Waals surface area contributed by atoms with Gasteiger partial charge >= 0.3 is 11.8 Å². The van der Waals surface area contributed by atoms with Gasteiger partial charge in [-0.1, -0.05) is 12.2 Å². The lowest BCUT2D eigenvalue weighted by molar-refractivity contribution is -0.148. The Morgan fingerprint density at radius 2 is 2.05 bits per heavy atom. The highest BCUT2D eigenvalue weighted by Gasteiger charge is 2.22. The zero-order chi connectivity index (χ0) is 14.1. The predicted molar refractivity (Wildman–Crippen MR) is 72.1 cm³/mol. The number of pyridine rings is 1. The number of allylic oxidation sites excluding steroid dienone is 2. The molecule has 5 nitrogen and oxygen atoms in total. The molecule has 2 heterocycles. The second-order valence-corrected chi connectivity index (χ2v) is 4.18. The van der Waals surface area contributed by atoms with Crippen LogP contribution in [0.4, 0.5) is 0 Å². The lowest BCUT2D eigenvalue weighted by Crippen LogP contribution is -2.18. The maximum absolute atomic E-state index is 11.6. The minimum atomic E-state index is -1.55. The number of carboxylic acids is 1. The van der Waals surface area contributed by atoms with Gasteiger partial charge in [0.2, 0.25) is 0 Å². The Morgan fingerprint density at radius 1 is 1.20 bits per heavy atom. The fraction of sp³-hybridized carbons (Fsp3) is 0. The third-order valence-corrected chi connectivity index (χ3v) is 2.92. The summed E-state index contributed by atoms with van der Waals surface area (Å²) >= 11 is 0. The molecule has 0 unspecified atom stereocenters. The molecule has 0 bridgehead atoms. The van der Waals surface area contributed by atoms with Crippen LogP contribution >= 0.6 is 0 Å². The van der Waals surface area contributed by atoms with Crippen molar-refractivity contribution in [2.45, 2.75) is 0 Å². The van der Waals surface area contributed by atoms with Crippen molar-refractivity contribution in [3.05, 3.63) is 53.9 Å². The predicted octanol–water partition coefficient (Wildman–Crippen LogP) is 2.18. The van der Waals surface area contributed by atoms with E-state index in [1.807, 2.05) is 18.2 Å². The molecule has 0 saturated heterocycles. The summed E-state index contributed by atoms with van der Waals surface area (Å²) in [6, 6.07) is 7.21. The average molecular weight is 267 g/mol. The molecule has 0 fully saturated rings. The molecule has 1 aromatic heterocycles. The Balaban J connectivity index is 2.16. The molecule has 1 aliphatic rings. The van der Waals surface area contributed by atoms with E-state index in [-0.39, 0.29) is 5.76 Å². The molecule has 1 N–H and O–H groups in total. The molecule has 0 aliphatic carbocycles. The van der Waals surface area contributed by atoms with Crippen molar-refractivity contribution in [1.29, 1.82) is 0 Å². The highest BCUT2D eigenvalue weighted by atomic mass is 16.5. The quantitative estimate of drug-likeness (QED) is 0.844. The first-order chi connectivity index (χ1) is 9.66. The molecule has 0 atom stereocenters. The van der Waals surface area contributed by atoms with E-state index in [4.69, 9.17) is 9.84 Å². The molecule has 0 spiro atoms. The number of aromatic nitrogens is 1. The molecular formula is C15H9NO4. The van der Waals surface area contributed by atoms with Gasteiger partial charge < -0.3 is 9.84 Å². The molecule has 1 aliphatic heterocycles. The van der Waals surface area contributed by atoms with Crippen LogP contribution in [0.2, 0.25) is 0 Å². The van der Waals surface area contributed by atoms with Gasteiger partial charge in [0.25, 0.3) is 0 Å². The molecule has 5 heteroatoms. The van der Waals surface area contributed by atoms with Crippen molar-refractivity contribution >= 4 is 28.7 Å². The normalized spacial score (nSPS) is 13.1. The van der Waals surface area contributed by atoms with Gasteiger partial charge in [-0.15, -0.1) is 0 Å². The first kappa shape index (κ1) is 12.1. The van der Waals surface area contributed by atoms with Crippen molar-refractivity contribution in [1.82, 2.24) is 4.98 Å². The molecule has 2 aromatic rings. The van der Waals surface area contributed by atoms with Crippen LogP contribution in [-0.2, 0) is 9.59 Å². The van der Waals surface area contributed by atoms with Gasteiger partial charge in [0.1, 0.15) is 5.75 Å². The largest absolute Gasteiger partial charge is 0.475 e. The molecular weight excluding hydrogens is 258 g/mol. The number of carboxylic acid groups (broad SMARTS) is 1. The molecule has 98 valence electrons. The van der Waals surface area contributed by atoms with Crippen molar-refractivity contribution < 1.29 is 19.4 Å². The van der Waals surface area contributed by atoms with E-state index in [2.05, 4.69) is 4.98 Å². The first-order valence-electron chi connectivity index (χ1n) is 5.88. The van der Waals surface area contributed by atoms with Crippen LogP contribution in [0.5, 0.6) is 5.75 Å². The summed E-state index contributed by atoms with van der Waals surface area (Å²) in [7, 11) is 0. The van der Waals surface area contributed by atoms with E-state index < -0.39 is 11.8 Å². The minimum absolute atomic E-state index is 0.219. The molecule has 0 saturated carbocycles. The van der Waals surface area contributed by atoms with Crippen molar-refractivity contribution in [3.8, 4) is 5.75 Å². The SMILES string of the molecule is O=C(O)C(=O)C1=CC=Cc2ccc3ncccc3c2O1.